The highest BCUT2D eigenvalue weighted by Crippen LogP contribution is 2.25. The van der Waals surface area contributed by atoms with Crippen LogP contribution in [-0.4, -0.2) is 26.9 Å². The Morgan fingerprint density at radius 2 is 2.16 bits per heavy atom. The first-order valence-electron chi connectivity index (χ1n) is 6.01. The summed E-state index contributed by atoms with van der Waals surface area (Å²) in [6, 6.07) is 8.03. The van der Waals surface area contributed by atoms with Crippen LogP contribution in [-0.2, 0) is 18.4 Å². The van der Waals surface area contributed by atoms with Gasteiger partial charge in [0.25, 0.3) is 0 Å². The molecule has 2 aromatic heterocycles. The largest absolute Gasteiger partial charge is 0.377 e. The summed E-state index contributed by atoms with van der Waals surface area (Å²) in [4.78, 5) is 8.66. The average molecular weight is 254 g/mol. The number of benzene rings is 1. The maximum absolute atomic E-state index is 5.11. The Bertz CT molecular complexity index is 715. The predicted molar refractivity (Wildman–Crippen MR) is 72.5 cm³/mol. The fraction of sp³-hybridized carbons (Fsp3) is 0.214. The summed E-state index contributed by atoms with van der Waals surface area (Å²) in [6.07, 6.45) is 3.63. The molecule has 96 valence electrons. The molecule has 0 bridgehead atoms. The zero-order valence-corrected chi connectivity index (χ0v) is 10.9. The first-order valence-corrected chi connectivity index (χ1v) is 6.01. The van der Waals surface area contributed by atoms with Crippen molar-refractivity contribution >= 4 is 10.8 Å². The lowest BCUT2D eigenvalue weighted by Gasteiger charge is -2.01. The summed E-state index contributed by atoms with van der Waals surface area (Å²) in [6.45, 7) is 0.454. The number of hydrogen-bond acceptors (Lipinski definition) is 4. The molecule has 0 amide bonds. The Kier molecular flexibility index (Phi) is 2.97. The van der Waals surface area contributed by atoms with Crippen molar-refractivity contribution in [3.05, 3.63) is 42.5 Å². The summed E-state index contributed by atoms with van der Waals surface area (Å²) in [7, 11) is 3.52. The van der Waals surface area contributed by atoms with E-state index in [1.807, 2.05) is 37.5 Å². The molecule has 0 saturated carbocycles. The highest BCUT2D eigenvalue weighted by molar-refractivity contribution is 5.94. The molecule has 0 N–H and O–H groups in total. The van der Waals surface area contributed by atoms with Crippen LogP contribution in [0.4, 0.5) is 0 Å². The van der Waals surface area contributed by atoms with Gasteiger partial charge in [-0.25, -0.2) is 4.98 Å². The Labute approximate surface area is 110 Å². The molecule has 5 nitrogen and oxygen atoms in total. The van der Waals surface area contributed by atoms with Gasteiger partial charge in [-0.2, -0.15) is 5.10 Å². The molecule has 5 heteroatoms. The van der Waals surface area contributed by atoms with Gasteiger partial charge < -0.3 is 4.74 Å². The smallest absolute Gasteiger partial charge is 0.182 e. The van der Waals surface area contributed by atoms with Gasteiger partial charge in [0.1, 0.15) is 6.61 Å². The molecule has 0 spiro atoms. The molecule has 3 rings (SSSR count). The zero-order valence-electron chi connectivity index (χ0n) is 10.9. The Hall–Kier alpha value is -2.27. The van der Waals surface area contributed by atoms with E-state index in [1.165, 1.54) is 0 Å². The quantitative estimate of drug-likeness (QED) is 0.719. The molecular formula is C14H14N4O. The van der Waals surface area contributed by atoms with E-state index in [2.05, 4.69) is 15.1 Å². The Morgan fingerprint density at radius 1 is 1.26 bits per heavy atom. The Balaban J connectivity index is 2.16. The first-order chi connectivity index (χ1) is 9.29. The molecule has 0 aliphatic rings. The van der Waals surface area contributed by atoms with Crippen LogP contribution < -0.4 is 0 Å². The van der Waals surface area contributed by atoms with Gasteiger partial charge in [0.15, 0.2) is 11.6 Å². The van der Waals surface area contributed by atoms with Gasteiger partial charge in [-0.1, -0.05) is 18.2 Å². The molecule has 0 saturated heterocycles. The average Bonchev–Trinajstić information content (AvgIpc) is 2.80. The first kappa shape index (κ1) is 11.8. The molecule has 0 aliphatic carbocycles. The number of pyridine rings is 1. The van der Waals surface area contributed by atoms with Crippen LogP contribution in [0, 0.1) is 0 Å². The van der Waals surface area contributed by atoms with Crippen LogP contribution in [0.3, 0.4) is 0 Å². The van der Waals surface area contributed by atoms with E-state index in [9.17, 15) is 0 Å². The van der Waals surface area contributed by atoms with Crippen molar-refractivity contribution in [3.63, 3.8) is 0 Å². The molecule has 2 heterocycles. The van der Waals surface area contributed by atoms with Crippen molar-refractivity contribution in [2.45, 2.75) is 6.61 Å². The van der Waals surface area contributed by atoms with E-state index in [1.54, 1.807) is 18.0 Å². The molecule has 0 fully saturated rings. The van der Waals surface area contributed by atoms with Crippen molar-refractivity contribution < 1.29 is 4.74 Å². The zero-order chi connectivity index (χ0) is 13.2. The summed E-state index contributed by atoms with van der Waals surface area (Å²) < 4.78 is 6.86. The van der Waals surface area contributed by atoms with Gasteiger partial charge in [0.2, 0.25) is 0 Å². The van der Waals surface area contributed by atoms with Crippen molar-refractivity contribution in [1.82, 2.24) is 19.7 Å². The van der Waals surface area contributed by atoms with Crippen LogP contribution in [0.5, 0.6) is 0 Å². The van der Waals surface area contributed by atoms with E-state index in [4.69, 9.17) is 4.74 Å². The molecule has 1 aromatic carbocycles. The highest BCUT2D eigenvalue weighted by atomic mass is 16.5. The summed E-state index contributed by atoms with van der Waals surface area (Å²) in [5.41, 5.74) is 1.01. The normalized spacial score (nSPS) is 11.1. The number of rotatable bonds is 3. The van der Waals surface area contributed by atoms with Gasteiger partial charge >= 0.3 is 0 Å². The third-order valence-electron chi connectivity index (χ3n) is 3.05. The standard InChI is InChI=1S/C14H14N4O/c1-18-13(9-19-2)16-14(17-18)12-5-3-4-10-8-15-7-6-11(10)12/h3-8H,9H2,1-2H3. The topological polar surface area (TPSA) is 52.8 Å². The van der Waals surface area contributed by atoms with Gasteiger partial charge in [0.05, 0.1) is 0 Å². The third kappa shape index (κ3) is 2.08. The number of fused-ring (bicyclic) bond motifs is 1. The predicted octanol–water partition coefficient (Wildman–Crippen LogP) is 2.18. The molecule has 0 unspecified atom stereocenters. The maximum Gasteiger partial charge on any atom is 0.182 e. The van der Waals surface area contributed by atoms with Crippen LogP contribution in [0.2, 0.25) is 0 Å². The van der Waals surface area contributed by atoms with Gasteiger partial charge in [-0.15, -0.1) is 0 Å². The number of ether oxygens (including phenoxy) is 1. The van der Waals surface area contributed by atoms with Crippen molar-refractivity contribution in [2.24, 2.45) is 7.05 Å². The minimum absolute atomic E-state index is 0.454. The molecule has 0 radical (unpaired) electrons. The molecule has 3 aromatic rings. The van der Waals surface area contributed by atoms with E-state index in [0.29, 0.717) is 12.4 Å². The van der Waals surface area contributed by atoms with E-state index in [0.717, 1.165) is 22.2 Å². The van der Waals surface area contributed by atoms with Gasteiger partial charge in [0, 0.05) is 37.5 Å². The maximum atomic E-state index is 5.11. The van der Waals surface area contributed by atoms with Crippen LogP contribution in [0.1, 0.15) is 5.82 Å². The summed E-state index contributed by atoms with van der Waals surface area (Å²) in [5, 5.41) is 6.64. The minimum atomic E-state index is 0.454. The molecule has 0 atom stereocenters. The molecular weight excluding hydrogens is 240 g/mol. The van der Waals surface area contributed by atoms with E-state index >= 15 is 0 Å². The van der Waals surface area contributed by atoms with E-state index in [-0.39, 0.29) is 0 Å². The second-order valence-corrected chi connectivity index (χ2v) is 4.31. The van der Waals surface area contributed by atoms with E-state index < -0.39 is 0 Å². The highest BCUT2D eigenvalue weighted by Gasteiger charge is 2.11. The number of methoxy groups -OCH3 is 1. The second kappa shape index (κ2) is 4.78. The number of aromatic nitrogens is 4. The van der Waals surface area contributed by atoms with Crippen LogP contribution >= 0.6 is 0 Å². The monoisotopic (exact) mass is 254 g/mol. The molecule has 0 aliphatic heterocycles. The lowest BCUT2D eigenvalue weighted by atomic mass is 10.1. The minimum Gasteiger partial charge on any atom is -0.377 e. The van der Waals surface area contributed by atoms with Gasteiger partial charge in [-0.05, 0) is 11.5 Å². The lowest BCUT2D eigenvalue weighted by molar-refractivity contribution is 0.174. The number of hydrogen-bond donors (Lipinski definition) is 0. The van der Waals surface area contributed by atoms with Crippen LogP contribution in [0.25, 0.3) is 22.2 Å². The fourth-order valence-corrected chi connectivity index (χ4v) is 2.10. The third-order valence-corrected chi connectivity index (χ3v) is 3.05. The summed E-state index contributed by atoms with van der Waals surface area (Å²) in [5.74, 6) is 1.52. The Morgan fingerprint density at radius 3 is 3.00 bits per heavy atom. The van der Waals surface area contributed by atoms with Crippen molar-refractivity contribution in [3.8, 4) is 11.4 Å². The molecule has 19 heavy (non-hydrogen) atoms. The number of nitrogens with zero attached hydrogens (tertiary/aromatic N) is 4. The lowest BCUT2D eigenvalue weighted by Crippen LogP contribution is -2.00. The van der Waals surface area contributed by atoms with Crippen LogP contribution in [0.15, 0.2) is 36.7 Å². The van der Waals surface area contributed by atoms with Gasteiger partial charge in [-0.3, -0.25) is 9.67 Å². The fourth-order valence-electron chi connectivity index (χ4n) is 2.10. The van der Waals surface area contributed by atoms with Crippen molar-refractivity contribution in [1.29, 1.82) is 0 Å². The summed E-state index contributed by atoms with van der Waals surface area (Å²) >= 11 is 0. The number of aryl methyl sites for hydroxylation is 1. The SMILES string of the molecule is COCc1nc(-c2cccc3cnccc23)nn1C. The van der Waals surface area contributed by atoms with Crippen molar-refractivity contribution in [2.75, 3.05) is 7.11 Å². The second-order valence-electron chi connectivity index (χ2n) is 4.31.